The second-order valence-electron chi connectivity index (χ2n) is 4.12. The molecule has 0 heterocycles. The first-order valence-corrected chi connectivity index (χ1v) is 5.32. The number of hydrogen-bond acceptors (Lipinski definition) is 5. The highest BCUT2D eigenvalue weighted by Gasteiger charge is 2.21. The molecule has 0 unspecified atom stereocenters. The van der Waals surface area contributed by atoms with Crippen molar-refractivity contribution in [3.8, 4) is 11.5 Å². The normalized spacial score (nSPS) is 11.9. The van der Waals surface area contributed by atoms with Crippen molar-refractivity contribution in [1.29, 1.82) is 0 Å². The number of aromatic hydroxyl groups is 1. The van der Waals surface area contributed by atoms with Gasteiger partial charge < -0.3 is 15.6 Å². The minimum absolute atomic E-state index is 0.0383. The van der Waals surface area contributed by atoms with E-state index in [4.69, 9.17) is 10.5 Å². The highest BCUT2D eigenvalue weighted by atomic mass is 16.6. The molecule has 0 aliphatic rings. The molecular formula is C12H16N2O4. The van der Waals surface area contributed by atoms with E-state index in [9.17, 15) is 15.2 Å². The summed E-state index contributed by atoms with van der Waals surface area (Å²) in [5.41, 5.74) is 6.90. The van der Waals surface area contributed by atoms with Crippen LogP contribution in [-0.4, -0.2) is 17.1 Å². The largest absolute Gasteiger partial charge is 0.500 e. The fourth-order valence-corrected chi connectivity index (χ4v) is 1.62. The molecule has 0 saturated heterocycles. The van der Waals surface area contributed by atoms with Crippen molar-refractivity contribution in [2.75, 3.05) is 7.11 Å². The van der Waals surface area contributed by atoms with E-state index >= 15 is 0 Å². The van der Waals surface area contributed by atoms with E-state index in [0.29, 0.717) is 12.0 Å². The van der Waals surface area contributed by atoms with E-state index in [1.54, 1.807) is 0 Å². The Balaban J connectivity index is 3.25. The van der Waals surface area contributed by atoms with E-state index < -0.39 is 22.4 Å². The third-order valence-corrected chi connectivity index (χ3v) is 2.49. The molecule has 0 spiro atoms. The molecule has 18 heavy (non-hydrogen) atoms. The standard InChI is InChI=1S/C12H16N2O4/c1-7(2)4-9(13)8-5-10(14(16)17)12(15)11(6-8)18-3/h5-6,9,15H,1,4,13H2,2-3H3/t9-/m1/s1. The predicted octanol–water partition coefficient (Wildman–Crippen LogP) is 2.28. The molecule has 6 nitrogen and oxygen atoms in total. The molecule has 1 atom stereocenters. The van der Waals surface area contributed by atoms with Gasteiger partial charge >= 0.3 is 5.69 Å². The second kappa shape index (κ2) is 5.50. The van der Waals surface area contributed by atoms with Crippen LogP contribution in [0.5, 0.6) is 11.5 Å². The first-order chi connectivity index (χ1) is 8.36. The molecule has 6 heteroatoms. The van der Waals surface area contributed by atoms with Gasteiger partial charge in [-0.3, -0.25) is 10.1 Å². The maximum atomic E-state index is 10.8. The fraction of sp³-hybridized carbons (Fsp3) is 0.333. The number of phenols is 1. The predicted molar refractivity (Wildman–Crippen MR) is 67.7 cm³/mol. The van der Waals surface area contributed by atoms with E-state index in [1.165, 1.54) is 19.2 Å². The van der Waals surface area contributed by atoms with Gasteiger partial charge in [0.25, 0.3) is 0 Å². The van der Waals surface area contributed by atoms with Crippen molar-refractivity contribution in [3.05, 3.63) is 40.0 Å². The molecule has 0 aliphatic heterocycles. The molecule has 0 saturated carbocycles. The lowest BCUT2D eigenvalue weighted by atomic mass is 10.00. The van der Waals surface area contributed by atoms with E-state index in [0.717, 1.165) is 5.57 Å². The fourth-order valence-electron chi connectivity index (χ4n) is 1.62. The number of nitro groups is 1. The third-order valence-electron chi connectivity index (χ3n) is 2.49. The Labute approximate surface area is 105 Å². The van der Waals surface area contributed by atoms with Crippen LogP contribution in [0.4, 0.5) is 5.69 Å². The Bertz CT molecular complexity index is 485. The van der Waals surface area contributed by atoms with Crippen molar-refractivity contribution >= 4 is 5.69 Å². The highest BCUT2D eigenvalue weighted by molar-refractivity contribution is 5.57. The van der Waals surface area contributed by atoms with Crippen molar-refractivity contribution < 1.29 is 14.8 Å². The molecule has 1 aromatic carbocycles. The molecule has 0 fully saturated rings. The molecule has 98 valence electrons. The van der Waals surface area contributed by atoms with Gasteiger partial charge in [0.2, 0.25) is 5.75 Å². The molecule has 0 aromatic heterocycles. The number of nitrogens with zero attached hydrogens (tertiary/aromatic N) is 1. The Kier molecular flexibility index (Phi) is 4.28. The average molecular weight is 252 g/mol. The maximum Gasteiger partial charge on any atom is 0.314 e. The number of rotatable bonds is 5. The van der Waals surface area contributed by atoms with Gasteiger partial charge in [-0.25, -0.2) is 0 Å². The van der Waals surface area contributed by atoms with Crippen molar-refractivity contribution in [2.24, 2.45) is 5.73 Å². The van der Waals surface area contributed by atoms with E-state index in [2.05, 4.69) is 6.58 Å². The van der Waals surface area contributed by atoms with Gasteiger partial charge in [-0.05, 0) is 25.0 Å². The number of nitro benzene ring substituents is 1. The monoisotopic (exact) mass is 252 g/mol. The van der Waals surface area contributed by atoms with Gasteiger partial charge in [0, 0.05) is 12.1 Å². The van der Waals surface area contributed by atoms with Crippen LogP contribution < -0.4 is 10.5 Å². The van der Waals surface area contributed by atoms with Crippen LogP contribution >= 0.6 is 0 Å². The van der Waals surface area contributed by atoms with Crippen LogP contribution in [-0.2, 0) is 0 Å². The Morgan fingerprint density at radius 2 is 2.28 bits per heavy atom. The van der Waals surface area contributed by atoms with Crippen molar-refractivity contribution in [2.45, 2.75) is 19.4 Å². The first-order valence-electron chi connectivity index (χ1n) is 5.32. The van der Waals surface area contributed by atoms with Crippen LogP contribution in [0.1, 0.15) is 24.9 Å². The Morgan fingerprint density at radius 3 is 2.72 bits per heavy atom. The molecule has 0 amide bonds. The zero-order valence-electron chi connectivity index (χ0n) is 10.3. The molecule has 0 radical (unpaired) electrons. The van der Waals surface area contributed by atoms with Crippen LogP contribution in [0.25, 0.3) is 0 Å². The lowest BCUT2D eigenvalue weighted by Crippen LogP contribution is -2.11. The summed E-state index contributed by atoms with van der Waals surface area (Å²) in [6.07, 6.45) is 0.505. The minimum atomic E-state index is -0.672. The summed E-state index contributed by atoms with van der Waals surface area (Å²) in [4.78, 5) is 10.1. The Morgan fingerprint density at radius 1 is 1.67 bits per heavy atom. The summed E-state index contributed by atoms with van der Waals surface area (Å²) in [5.74, 6) is -0.454. The SMILES string of the molecule is C=C(C)C[C@@H](N)c1cc(OC)c(O)c([N+](=O)[O-])c1. The topological polar surface area (TPSA) is 98.6 Å². The van der Waals surface area contributed by atoms with Crippen LogP contribution in [0.3, 0.4) is 0 Å². The molecular weight excluding hydrogens is 236 g/mol. The Hall–Kier alpha value is -2.08. The summed E-state index contributed by atoms with van der Waals surface area (Å²) in [6, 6.07) is 2.33. The van der Waals surface area contributed by atoms with Gasteiger partial charge in [-0.1, -0.05) is 5.57 Å². The molecule has 0 aliphatic carbocycles. The van der Waals surface area contributed by atoms with Crippen LogP contribution in [0.2, 0.25) is 0 Å². The summed E-state index contributed by atoms with van der Waals surface area (Å²) in [5, 5.41) is 20.4. The number of ether oxygens (including phenoxy) is 1. The summed E-state index contributed by atoms with van der Waals surface area (Å²) in [6.45, 7) is 5.57. The molecule has 1 aromatic rings. The molecule has 3 N–H and O–H groups in total. The minimum Gasteiger partial charge on any atom is -0.500 e. The van der Waals surface area contributed by atoms with Crippen LogP contribution in [0, 0.1) is 10.1 Å². The number of hydrogen-bond donors (Lipinski definition) is 2. The van der Waals surface area contributed by atoms with E-state index in [-0.39, 0.29) is 5.75 Å². The van der Waals surface area contributed by atoms with Gasteiger partial charge in [-0.2, -0.15) is 0 Å². The van der Waals surface area contributed by atoms with Crippen molar-refractivity contribution in [3.63, 3.8) is 0 Å². The number of benzene rings is 1. The zero-order valence-corrected chi connectivity index (χ0v) is 10.3. The van der Waals surface area contributed by atoms with Gasteiger partial charge in [0.1, 0.15) is 0 Å². The zero-order chi connectivity index (χ0) is 13.9. The lowest BCUT2D eigenvalue weighted by Gasteiger charge is -2.14. The highest BCUT2D eigenvalue weighted by Crippen LogP contribution is 2.38. The van der Waals surface area contributed by atoms with Gasteiger partial charge in [-0.15, -0.1) is 6.58 Å². The maximum absolute atomic E-state index is 10.8. The van der Waals surface area contributed by atoms with Gasteiger partial charge in [0.05, 0.1) is 12.0 Å². The average Bonchev–Trinajstić information content (AvgIpc) is 2.27. The number of nitrogens with two attached hydrogens (primary N) is 1. The second-order valence-corrected chi connectivity index (χ2v) is 4.12. The summed E-state index contributed by atoms with van der Waals surface area (Å²) >= 11 is 0. The number of methoxy groups -OCH3 is 1. The molecule has 0 bridgehead atoms. The summed E-state index contributed by atoms with van der Waals surface area (Å²) in [7, 11) is 1.33. The molecule has 1 rings (SSSR count). The number of phenolic OH excluding ortho intramolecular Hbond substituents is 1. The third kappa shape index (κ3) is 2.98. The van der Waals surface area contributed by atoms with Crippen LogP contribution in [0.15, 0.2) is 24.3 Å². The van der Waals surface area contributed by atoms with E-state index in [1.807, 2.05) is 6.92 Å². The quantitative estimate of drug-likeness (QED) is 0.476. The van der Waals surface area contributed by atoms with Gasteiger partial charge in [0.15, 0.2) is 5.75 Å². The van der Waals surface area contributed by atoms with Crippen molar-refractivity contribution in [1.82, 2.24) is 0 Å². The lowest BCUT2D eigenvalue weighted by molar-refractivity contribution is -0.386. The summed E-state index contributed by atoms with van der Waals surface area (Å²) < 4.78 is 4.90. The first kappa shape index (κ1) is 14.0. The smallest absolute Gasteiger partial charge is 0.314 e.